The van der Waals surface area contributed by atoms with Crippen LogP contribution in [0.25, 0.3) is 0 Å². The van der Waals surface area contributed by atoms with Crippen LogP contribution in [0.3, 0.4) is 0 Å². The first-order valence-corrected chi connectivity index (χ1v) is 5.32. The first-order valence-electron chi connectivity index (χ1n) is 5.32. The molecule has 0 spiro atoms. The Kier molecular flexibility index (Phi) is 2.39. The molecule has 2 saturated heterocycles. The van der Waals surface area contributed by atoms with Crippen LogP contribution in [0.5, 0.6) is 0 Å². The summed E-state index contributed by atoms with van der Waals surface area (Å²) in [6, 6.07) is 0.176. The van der Waals surface area contributed by atoms with E-state index in [0.717, 1.165) is 39.2 Å². The van der Waals surface area contributed by atoms with Crippen molar-refractivity contribution in [2.45, 2.75) is 25.9 Å². The third-order valence-electron chi connectivity index (χ3n) is 2.94. The molecule has 2 aliphatic heterocycles. The Bertz CT molecular complexity index is 238. The summed E-state index contributed by atoms with van der Waals surface area (Å²) in [5.41, 5.74) is -0.0492. The lowest BCUT2D eigenvalue weighted by atomic mass is 10.1. The third-order valence-corrected chi connectivity index (χ3v) is 2.94. The van der Waals surface area contributed by atoms with Crippen molar-refractivity contribution >= 4 is 6.03 Å². The molecule has 14 heavy (non-hydrogen) atoms. The molecule has 2 rings (SSSR count). The Balaban J connectivity index is 1.93. The second kappa shape index (κ2) is 3.42. The minimum absolute atomic E-state index is 0.0492. The smallest absolute Gasteiger partial charge is 0.320 e. The fourth-order valence-electron chi connectivity index (χ4n) is 1.90. The predicted octanol–water partition coefficient (Wildman–Crippen LogP) is 0.923. The Morgan fingerprint density at radius 2 is 2.07 bits per heavy atom. The van der Waals surface area contributed by atoms with Crippen LogP contribution in [0.2, 0.25) is 0 Å². The minimum atomic E-state index is -0.0492. The fourth-order valence-corrected chi connectivity index (χ4v) is 1.90. The highest BCUT2D eigenvalue weighted by Crippen LogP contribution is 2.28. The topological polar surface area (TPSA) is 36.1 Å². The summed E-state index contributed by atoms with van der Waals surface area (Å²) in [5.74, 6) is 0. The van der Waals surface area contributed by atoms with E-state index in [-0.39, 0.29) is 11.6 Å². The minimum Gasteiger partial charge on any atom is -0.368 e. The number of urea groups is 1. The molecule has 0 bridgehead atoms. The van der Waals surface area contributed by atoms with Crippen molar-refractivity contribution in [3.63, 3.8) is 0 Å². The van der Waals surface area contributed by atoms with Gasteiger partial charge >= 0.3 is 6.03 Å². The number of amides is 2. The van der Waals surface area contributed by atoms with Crippen LogP contribution in [-0.4, -0.2) is 54.2 Å². The van der Waals surface area contributed by atoms with E-state index in [2.05, 4.69) is 6.92 Å². The van der Waals surface area contributed by atoms with Gasteiger partial charge in [0.1, 0.15) is 5.60 Å². The molecule has 4 heteroatoms. The van der Waals surface area contributed by atoms with E-state index in [1.807, 2.05) is 16.7 Å². The van der Waals surface area contributed by atoms with E-state index in [1.54, 1.807) is 0 Å². The first kappa shape index (κ1) is 9.77. The van der Waals surface area contributed by atoms with Crippen LogP contribution >= 0.6 is 0 Å². The van der Waals surface area contributed by atoms with Crippen LogP contribution in [0.4, 0.5) is 4.79 Å². The van der Waals surface area contributed by atoms with Crippen molar-refractivity contribution in [2.75, 3.05) is 32.8 Å². The van der Waals surface area contributed by atoms with Gasteiger partial charge in [-0.3, -0.25) is 0 Å². The molecule has 0 radical (unpaired) electrons. The summed E-state index contributed by atoms with van der Waals surface area (Å²) in [7, 11) is 0. The van der Waals surface area contributed by atoms with Gasteiger partial charge in [-0.25, -0.2) is 4.79 Å². The van der Waals surface area contributed by atoms with E-state index in [9.17, 15) is 4.79 Å². The summed E-state index contributed by atoms with van der Waals surface area (Å²) >= 11 is 0. The van der Waals surface area contributed by atoms with Gasteiger partial charge in [-0.2, -0.15) is 0 Å². The number of carbonyl (C=O) groups is 1. The lowest BCUT2D eigenvalue weighted by molar-refractivity contribution is 0.118. The van der Waals surface area contributed by atoms with Gasteiger partial charge in [0, 0.05) is 19.6 Å². The molecule has 4 nitrogen and oxygen atoms in total. The molecule has 1 unspecified atom stereocenters. The molecule has 2 amide bonds. The molecule has 2 heterocycles. The highest BCUT2D eigenvalue weighted by Gasteiger charge is 2.43. The van der Waals surface area contributed by atoms with E-state index in [4.69, 9.17) is 4.74 Å². The fraction of sp³-hybridized carbons (Fsp3) is 0.900. The Morgan fingerprint density at radius 3 is 2.64 bits per heavy atom. The molecular weight excluding hydrogens is 180 g/mol. The lowest BCUT2D eigenvalue weighted by Crippen LogP contribution is -2.51. The highest BCUT2D eigenvalue weighted by atomic mass is 16.6. The number of carbonyl (C=O) groups excluding carboxylic acids is 1. The maximum Gasteiger partial charge on any atom is 0.320 e. The molecular formula is C10H18N2O2. The number of rotatable bonds is 3. The van der Waals surface area contributed by atoms with Gasteiger partial charge in [0.25, 0.3) is 0 Å². The third kappa shape index (κ3) is 1.85. The van der Waals surface area contributed by atoms with Crippen molar-refractivity contribution in [3.05, 3.63) is 0 Å². The maximum absolute atomic E-state index is 11.9. The number of hydrogen-bond acceptors (Lipinski definition) is 2. The Labute approximate surface area is 84.8 Å². The zero-order valence-corrected chi connectivity index (χ0v) is 8.95. The number of epoxide rings is 1. The second-order valence-corrected chi connectivity index (χ2v) is 4.38. The highest BCUT2D eigenvalue weighted by molar-refractivity contribution is 5.75. The van der Waals surface area contributed by atoms with E-state index >= 15 is 0 Å². The largest absolute Gasteiger partial charge is 0.368 e. The van der Waals surface area contributed by atoms with E-state index in [0.29, 0.717) is 0 Å². The van der Waals surface area contributed by atoms with Gasteiger partial charge in [0.2, 0.25) is 0 Å². The van der Waals surface area contributed by atoms with Gasteiger partial charge < -0.3 is 14.5 Å². The van der Waals surface area contributed by atoms with Crippen molar-refractivity contribution in [3.8, 4) is 0 Å². The lowest BCUT2D eigenvalue weighted by Gasteiger charge is -2.35. The van der Waals surface area contributed by atoms with Gasteiger partial charge in [-0.15, -0.1) is 0 Å². The van der Waals surface area contributed by atoms with Crippen molar-refractivity contribution < 1.29 is 9.53 Å². The summed E-state index contributed by atoms with van der Waals surface area (Å²) in [4.78, 5) is 15.7. The maximum atomic E-state index is 11.9. The summed E-state index contributed by atoms with van der Waals surface area (Å²) < 4.78 is 5.30. The second-order valence-electron chi connectivity index (χ2n) is 4.38. The van der Waals surface area contributed by atoms with Crippen molar-refractivity contribution in [1.29, 1.82) is 0 Å². The molecule has 2 aliphatic rings. The molecule has 0 aliphatic carbocycles. The number of hydrogen-bond donors (Lipinski definition) is 0. The first-order chi connectivity index (χ1) is 6.64. The molecule has 0 aromatic heterocycles. The molecule has 0 aromatic carbocycles. The summed E-state index contributed by atoms with van der Waals surface area (Å²) in [6.45, 7) is 8.23. The number of nitrogens with zero attached hydrogens (tertiary/aromatic N) is 2. The monoisotopic (exact) mass is 198 g/mol. The molecule has 0 aromatic rings. The molecule has 1 atom stereocenters. The van der Waals surface area contributed by atoms with Gasteiger partial charge in [0.15, 0.2) is 0 Å². The molecule has 2 fully saturated rings. The zero-order valence-electron chi connectivity index (χ0n) is 8.95. The number of ether oxygens (including phenoxy) is 1. The van der Waals surface area contributed by atoms with Gasteiger partial charge in [-0.1, -0.05) is 0 Å². The molecule has 0 N–H and O–H groups in total. The van der Waals surface area contributed by atoms with Crippen LogP contribution < -0.4 is 0 Å². The quantitative estimate of drug-likeness (QED) is 0.632. The van der Waals surface area contributed by atoms with Crippen molar-refractivity contribution in [2.24, 2.45) is 0 Å². The summed E-state index contributed by atoms with van der Waals surface area (Å²) in [6.07, 6.45) is 1.08. The Morgan fingerprint density at radius 1 is 1.43 bits per heavy atom. The standard InChI is InChI=1S/C10H18N2O2/c1-3-11-5-4-6-12(9(11)13)7-10(2)8-14-10/h3-8H2,1-2H3. The van der Waals surface area contributed by atoms with Gasteiger partial charge in [-0.05, 0) is 20.3 Å². The average Bonchev–Trinajstić information content (AvgIpc) is 2.88. The predicted molar refractivity (Wildman–Crippen MR) is 53.2 cm³/mol. The van der Waals surface area contributed by atoms with Crippen LogP contribution in [0, 0.1) is 0 Å². The van der Waals surface area contributed by atoms with Crippen LogP contribution in [0.1, 0.15) is 20.3 Å². The van der Waals surface area contributed by atoms with Crippen LogP contribution in [-0.2, 0) is 4.74 Å². The van der Waals surface area contributed by atoms with Crippen molar-refractivity contribution in [1.82, 2.24) is 9.80 Å². The van der Waals surface area contributed by atoms with E-state index in [1.165, 1.54) is 0 Å². The SMILES string of the molecule is CCN1CCCN(CC2(C)CO2)C1=O. The average molecular weight is 198 g/mol. The van der Waals surface area contributed by atoms with E-state index < -0.39 is 0 Å². The Hall–Kier alpha value is -0.770. The molecule has 80 valence electrons. The summed E-state index contributed by atoms with van der Waals surface area (Å²) in [5, 5.41) is 0. The van der Waals surface area contributed by atoms with Gasteiger partial charge in [0.05, 0.1) is 13.2 Å². The molecule has 0 saturated carbocycles. The van der Waals surface area contributed by atoms with Crippen LogP contribution in [0.15, 0.2) is 0 Å². The zero-order chi connectivity index (χ0) is 10.2. The normalized spacial score (nSPS) is 32.3.